The molecule has 1 aliphatic heterocycles. The maximum atomic E-state index is 13.9. The van der Waals surface area contributed by atoms with Crippen molar-refractivity contribution in [3.63, 3.8) is 0 Å². The summed E-state index contributed by atoms with van der Waals surface area (Å²) >= 11 is 6.84. The Morgan fingerprint density at radius 2 is 1.88 bits per heavy atom. The van der Waals surface area contributed by atoms with Gasteiger partial charge in [-0.05, 0) is 36.4 Å². The number of imide groups is 1. The van der Waals surface area contributed by atoms with Crippen molar-refractivity contribution in [2.45, 2.75) is 11.7 Å². The van der Waals surface area contributed by atoms with E-state index in [1.54, 1.807) is 30.3 Å². The Morgan fingerprint density at radius 3 is 2.58 bits per heavy atom. The van der Waals surface area contributed by atoms with Crippen molar-refractivity contribution in [1.82, 2.24) is 0 Å². The number of hydrogen-bond donors (Lipinski definition) is 1. The summed E-state index contributed by atoms with van der Waals surface area (Å²) in [4.78, 5) is 37.4. The molecule has 5 nitrogen and oxygen atoms in total. The average Bonchev–Trinajstić information content (AvgIpc) is 2.89. The summed E-state index contributed by atoms with van der Waals surface area (Å²) in [5.41, 5.74) is 0.526. The molecule has 2 aromatic carbocycles. The zero-order valence-corrected chi connectivity index (χ0v) is 15.0. The number of halogens is 2. The Bertz CT molecular complexity index is 860. The van der Waals surface area contributed by atoms with E-state index in [-0.39, 0.29) is 23.8 Å². The van der Waals surface area contributed by atoms with E-state index in [1.807, 2.05) is 0 Å². The number of benzene rings is 2. The number of anilines is 2. The number of nitrogens with one attached hydrogen (secondary N) is 1. The second-order valence-electron chi connectivity index (χ2n) is 5.58. The SMILES string of the molecule is O=C(CS[C@@H]1CC(=O)N(c2ccccc2F)C1=O)Nc1ccc(Cl)cc1. The van der Waals surface area contributed by atoms with E-state index in [2.05, 4.69) is 5.32 Å². The summed E-state index contributed by atoms with van der Waals surface area (Å²) in [6, 6.07) is 12.2. The van der Waals surface area contributed by atoms with Crippen molar-refractivity contribution in [3.05, 3.63) is 59.4 Å². The zero-order chi connectivity index (χ0) is 18.7. The number of hydrogen-bond acceptors (Lipinski definition) is 4. The Morgan fingerprint density at radius 1 is 1.19 bits per heavy atom. The van der Waals surface area contributed by atoms with Crippen LogP contribution in [0.25, 0.3) is 0 Å². The third kappa shape index (κ3) is 4.05. The highest BCUT2D eigenvalue weighted by molar-refractivity contribution is 8.01. The molecule has 0 aromatic heterocycles. The van der Waals surface area contributed by atoms with Crippen molar-refractivity contribution >= 4 is 52.5 Å². The topological polar surface area (TPSA) is 66.5 Å². The first-order chi connectivity index (χ1) is 12.5. The van der Waals surface area contributed by atoms with E-state index in [4.69, 9.17) is 11.6 Å². The number of para-hydroxylation sites is 1. The molecule has 8 heteroatoms. The molecular formula is C18H14ClFN2O3S. The molecule has 0 saturated carbocycles. The number of nitrogens with zero attached hydrogens (tertiary/aromatic N) is 1. The van der Waals surface area contributed by atoms with Crippen molar-refractivity contribution in [1.29, 1.82) is 0 Å². The molecule has 1 atom stereocenters. The molecule has 1 N–H and O–H groups in total. The Labute approximate surface area is 158 Å². The van der Waals surface area contributed by atoms with Gasteiger partial charge in [0, 0.05) is 17.1 Å². The number of carbonyl (C=O) groups is 3. The van der Waals surface area contributed by atoms with E-state index in [1.165, 1.54) is 18.2 Å². The predicted octanol–water partition coefficient (Wildman–Crippen LogP) is 3.48. The highest BCUT2D eigenvalue weighted by atomic mass is 35.5. The molecule has 1 saturated heterocycles. The van der Waals surface area contributed by atoms with Crippen LogP contribution in [0.4, 0.5) is 15.8 Å². The van der Waals surface area contributed by atoms with Gasteiger partial charge in [-0.25, -0.2) is 9.29 Å². The lowest BCUT2D eigenvalue weighted by Gasteiger charge is -2.15. The van der Waals surface area contributed by atoms with Crippen LogP contribution in [0.5, 0.6) is 0 Å². The quantitative estimate of drug-likeness (QED) is 0.791. The van der Waals surface area contributed by atoms with E-state index < -0.39 is 22.9 Å². The number of amides is 3. The highest BCUT2D eigenvalue weighted by Crippen LogP contribution is 2.31. The summed E-state index contributed by atoms with van der Waals surface area (Å²) in [6.45, 7) is 0. The molecule has 1 aliphatic rings. The summed E-state index contributed by atoms with van der Waals surface area (Å²) in [6.07, 6.45) is -0.0634. The molecule has 3 rings (SSSR count). The van der Waals surface area contributed by atoms with Crippen LogP contribution < -0.4 is 10.2 Å². The minimum atomic E-state index is -0.710. The molecule has 0 aliphatic carbocycles. The lowest BCUT2D eigenvalue weighted by molar-refractivity contribution is -0.121. The summed E-state index contributed by atoms with van der Waals surface area (Å²) in [5, 5.41) is 2.53. The first kappa shape index (κ1) is 18.4. The minimum absolute atomic E-state index is 0.00255. The molecule has 0 bridgehead atoms. The molecular weight excluding hydrogens is 379 g/mol. The van der Waals surface area contributed by atoms with Crippen LogP contribution in [-0.2, 0) is 14.4 Å². The van der Waals surface area contributed by atoms with Gasteiger partial charge in [0.25, 0.3) is 0 Å². The molecule has 134 valence electrons. The van der Waals surface area contributed by atoms with Gasteiger partial charge < -0.3 is 5.32 Å². The van der Waals surface area contributed by atoms with E-state index in [0.29, 0.717) is 10.7 Å². The smallest absolute Gasteiger partial charge is 0.247 e. The highest BCUT2D eigenvalue weighted by Gasteiger charge is 2.41. The molecule has 3 amide bonds. The van der Waals surface area contributed by atoms with Crippen molar-refractivity contribution in [2.24, 2.45) is 0 Å². The van der Waals surface area contributed by atoms with Gasteiger partial charge in [-0.3, -0.25) is 14.4 Å². The zero-order valence-electron chi connectivity index (χ0n) is 13.4. The molecule has 0 spiro atoms. The molecule has 1 heterocycles. The second kappa shape index (κ2) is 7.88. The van der Waals surface area contributed by atoms with Gasteiger partial charge in [-0.2, -0.15) is 0 Å². The van der Waals surface area contributed by atoms with Crippen LogP contribution in [0.1, 0.15) is 6.42 Å². The van der Waals surface area contributed by atoms with Gasteiger partial charge in [0.05, 0.1) is 16.7 Å². The van der Waals surface area contributed by atoms with Crippen molar-refractivity contribution in [2.75, 3.05) is 16.0 Å². The molecule has 1 fully saturated rings. The van der Waals surface area contributed by atoms with Gasteiger partial charge in [0.15, 0.2) is 0 Å². The van der Waals surface area contributed by atoms with Crippen LogP contribution in [0.2, 0.25) is 5.02 Å². The number of thioether (sulfide) groups is 1. The minimum Gasteiger partial charge on any atom is -0.325 e. The summed E-state index contributed by atoms with van der Waals surface area (Å²) < 4.78 is 13.9. The molecule has 0 unspecified atom stereocenters. The fraction of sp³-hybridized carbons (Fsp3) is 0.167. The van der Waals surface area contributed by atoms with Gasteiger partial charge in [0.2, 0.25) is 17.7 Å². The molecule has 26 heavy (non-hydrogen) atoms. The molecule has 2 aromatic rings. The monoisotopic (exact) mass is 392 g/mol. The lowest BCUT2D eigenvalue weighted by Crippen LogP contribution is -2.32. The van der Waals surface area contributed by atoms with Gasteiger partial charge in [-0.15, -0.1) is 11.8 Å². The van der Waals surface area contributed by atoms with Crippen molar-refractivity contribution in [3.8, 4) is 0 Å². The summed E-state index contributed by atoms with van der Waals surface area (Å²) in [7, 11) is 0. The van der Waals surface area contributed by atoms with Gasteiger partial charge >= 0.3 is 0 Å². The number of carbonyl (C=O) groups excluding carboxylic acids is 3. The Balaban J connectivity index is 1.60. The third-order valence-electron chi connectivity index (χ3n) is 3.74. The third-order valence-corrected chi connectivity index (χ3v) is 5.19. The number of rotatable bonds is 5. The molecule has 0 radical (unpaired) electrons. The fourth-order valence-electron chi connectivity index (χ4n) is 2.53. The van der Waals surface area contributed by atoms with Crippen LogP contribution in [0, 0.1) is 5.82 Å². The average molecular weight is 393 g/mol. The largest absolute Gasteiger partial charge is 0.325 e. The van der Waals surface area contributed by atoms with Crippen LogP contribution in [0.15, 0.2) is 48.5 Å². The standard InChI is InChI=1S/C18H14ClFN2O3S/c19-11-5-7-12(8-6-11)21-16(23)10-26-15-9-17(24)22(18(15)25)14-4-2-1-3-13(14)20/h1-8,15H,9-10H2,(H,21,23)/t15-/m1/s1. The van der Waals surface area contributed by atoms with Crippen LogP contribution >= 0.6 is 23.4 Å². The first-order valence-electron chi connectivity index (χ1n) is 7.74. The van der Waals surface area contributed by atoms with Crippen molar-refractivity contribution < 1.29 is 18.8 Å². The normalized spacial score (nSPS) is 16.8. The van der Waals surface area contributed by atoms with Gasteiger partial charge in [-0.1, -0.05) is 23.7 Å². The first-order valence-corrected chi connectivity index (χ1v) is 9.17. The summed E-state index contributed by atoms with van der Waals surface area (Å²) in [5.74, 6) is -1.93. The predicted molar refractivity (Wildman–Crippen MR) is 99.8 cm³/mol. The van der Waals surface area contributed by atoms with Gasteiger partial charge in [0.1, 0.15) is 5.82 Å². The van der Waals surface area contributed by atoms with E-state index in [0.717, 1.165) is 16.7 Å². The van der Waals surface area contributed by atoms with Crippen LogP contribution in [0.3, 0.4) is 0 Å². The van der Waals surface area contributed by atoms with Crippen LogP contribution in [-0.4, -0.2) is 28.7 Å². The Kier molecular flexibility index (Phi) is 5.58. The fourth-order valence-corrected chi connectivity index (χ4v) is 3.59. The second-order valence-corrected chi connectivity index (χ2v) is 7.21. The maximum absolute atomic E-state index is 13.9. The van der Waals surface area contributed by atoms with E-state index in [9.17, 15) is 18.8 Å². The maximum Gasteiger partial charge on any atom is 0.247 e. The van der Waals surface area contributed by atoms with E-state index >= 15 is 0 Å². The Hall–Kier alpha value is -2.38. The lowest BCUT2D eigenvalue weighted by atomic mass is 10.3.